The fraction of sp³-hybridized carbons (Fsp3) is 0.0800. The minimum atomic E-state index is -0.159. The minimum absolute atomic E-state index is 0.138. The Morgan fingerprint density at radius 2 is 1.55 bits per heavy atom. The van der Waals surface area contributed by atoms with E-state index < -0.39 is 0 Å². The number of fused-ring (bicyclic) bond motifs is 1. The zero-order valence-electron chi connectivity index (χ0n) is 16.0. The highest BCUT2D eigenvalue weighted by molar-refractivity contribution is 6.08. The number of carbonyl (C=O) groups is 1. The van der Waals surface area contributed by atoms with Gasteiger partial charge in [0.2, 0.25) is 0 Å². The summed E-state index contributed by atoms with van der Waals surface area (Å²) < 4.78 is 0. The normalized spacial score (nSPS) is 11.2. The first-order valence-electron chi connectivity index (χ1n) is 9.42. The predicted octanol–water partition coefficient (Wildman–Crippen LogP) is 6.69. The molecule has 0 amide bonds. The molecule has 142 valence electrons. The first-order chi connectivity index (χ1) is 14.1. The van der Waals surface area contributed by atoms with Crippen molar-refractivity contribution in [2.45, 2.75) is 13.3 Å². The minimum Gasteiger partial charge on any atom is -0.505 e. The van der Waals surface area contributed by atoms with Gasteiger partial charge in [-0.05, 0) is 36.1 Å². The Labute approximate surface area is 169 Å². The van der Waals surface area contributed by atoms with Crippen molar-refractivity contribution in [3.63, 3.8) is 0 Å². The molecule has 4 aromatic carbocycles. The van der Waals surface area contributed by atoms with Crippen LogP contribution < -0.4 is 0 Å². The van der Waals surface area contributed by atoms with Gasteiger partial charge in [-0.1, -0.05) is 72.3 Å². The summed E-state index contributed by atoms with van der Waals surface area (Å²) in [5, 5.41) is 21.0. The highest BCUT2D eigenvalue weighted by Gasteiger charge is 2.18. The molecule has 4 aromatic rings. The molecule has 0 spiro atoms. The van der Waals surface area contributed by atoms with Crippen LogP contribution in [0.15, 0.2) is 95.2 Å². The molecular weight excluding hydrogens is 360 g/mol. The van der Waals surface area contributed by atoms with Gasteiger partial charge in [0.15, 0.2) is 11.5 Å². The van der Waals surface area contributed by atoms with E-state index in [-0.39, 0.29) is 23.5 Å². The van der Waals surface area contributed by atoms with Gasteiger partial charge in [-0.2, -0.15) is 5.11 Å². The largest absolute Gasteiger partial charge is 0.505 e. The average molecular weight is 380 g/mol. The molecule has 0 saturated carbocycles. The van der Waals surface area contributed by atoms with E-state index in [1.165, 1.54) is 0 Å². The number of ketones is 1. The Kier molecular flexibility index (Phi) is 5.16. The molecule has 0 fully saturated rings. The zero-order chi connectivity index (χ0) is 20.2. The van der Waals surface area contributed by atoms with Crippen LogP contribution in [0.2, 0.25) is 0 Å². The molecule has 0 saturated heterocycles. The number of hydrogen-bond acceptors (Lipinski definition) is 4. The summed E-state index contributed by atoms with van der Waals surface area (Å²) in [6.45, 7) is 2.00. The summed E-state index contributed by atoms with van der Waals surface area (Å²) in [4.78, 5) is 13.0. The van der Waals surface area contributed by atoms with Crippen molar-refractivity contribution in [3.8, 4) is 5.75 Å². The van der Waals surface area contributed by atoms with Crippen molar-refractivity contribution in [1.29, 1.82) is 0 Å². The second-order valence-corrected chi connectivity index (χ2v) is 6.96. The van der Waals surface area contributed by atoms with Crippen LogP contribution in [-0.4, -0.2) is 10.9 Å². The molecule has 0 heterocycles. The smallest absolute Gasteiger partial charge is 0.171 e. The van der Waals surface area contributed by atoms with Gasteiger partial charge in [-0.15, -0.1) is 5.11 Å². The molecule has 0 aromatic heterocycles. The average Bonchev–Trinajstić information content (AvgIpc) is 2.75. The number of phenolic OH excluding ortho intramolecular Hbond substituents is 1. The highest BCUT2D eigenvalue weighted by Crippen LogP contribution is 2.39. The second kappa shape index (κ2) is 8.07. The van der Waals surface area contributed by atoms with Crippen LogP contribution in [0.25, 0.3) is 10.8 Å². The number of Topliss-reactive ketones (excluding diaryl/α,β-unsaturated/α-hetero) is 1. The number of aromatic hydroxyl groups is 1. The highest BCUT2D eigenvalue weighted by atomic mass is 16.3. The van der Waals surface area contributed by atoms with Crippen LogP contribution >= 0.6 is 0 Å². The molecule has 4 rings (SSSR count). The standard InChI is InChI=1S/C25H20N2O2/c1-17-11-13-18(14-12-17)15-23(28)22-16-19-7-5-6-10-21(19)24(25(22)29)27-26-20-8-3-2-4-9-20/h2-14,16,29H,15H2,1H3. The van der Waals surface area contributed by atoms with Crippen LogP contribution in [0, 0.1) is 6.92 Å². The van der Waals surface area contributed by atoms with Crippen LogP contribution in [-0.2, 0) is 6.42 Å². The summed E-state index contributed by atoms with van der Waals surface area (Å²) in [6.07, 6.45) is 0.210. The van der Waals surface area contributed by atoms with Crippen molar-refractivity contribution in [2.24, 2.45) is 10.2 Å². The molecule has 1 N–H and O–H groups in total. The van der Waals surface area contributed by atoms with E-state index in [9.17, 15) is 9.90 Å². The lowest BCUT2D eigenvalue weighted by atomic mass is 9.97. The molecular formula is C25H20N2O2. The van der Waals surface area contributed by atoms with Crippen molar-refractivity contribution < 1.29 is 9.90 Å². The lowest BCUT2D eigenvalue weighted by molar-refractivity contribution is 0.0990. The first kappa shape index (κ1) is 18.6. The van der Waals surface area contributed by atoms with Crippen LogP contribution in [0.1, 0.15) is 21.5 Å². The zero-order valence-corrected chi connectivity index (χ0v) is 16.0. The van der Waals surface area contributed by atoms with Gasteiger partial charge in [0.1, 0.15) is 5.69 Å². The number of rotatable bonds is 5. The maximum Gasteiger partial charge on any atom is 0.171 e. The van der Waals surface area contributed by atoms with Gasteiger partial charge < -0.3 is 5.11 Å². The summed E-state index contributed by atoms with van der Waals surface area (Å²) in [7, 11) is 0. The monoisotopic (exact) mass is 380 g/mol. The topological polar surface area (TPSA) is 62.0 Å². The molecule has 0 bridgehead atoms. The third kappa shape index (κ3) is 4.06. The Morgan fingerprint density at radius 1 is 0.862 bits per heavy atom. The molecule has 0 atom stereocenters. The fourth-order valence-corrected chi connectivity index (χ4v) is 3.22. The fourth-order valence-electron chi connectivity index (χ4n) is 3.22. The first-order valence-corrected chi connectivity index (χ1v) is 9.42. The van der Waals surface area contributed by atoms with Crippen molar-refractivity contribution in [2.75, 3.05) is 0 Å². The number of azo groups is 1. The van der Waals surface area contributed by atoms with Gasteiger partial charge in [0.05, 0.1) is 11.3 Å². The molecule has 0 radical (unpaired) electrons. The Hall–Kier alpha value is -3.79. The van der Waals surface area contributed by atoms with E-state index in [0.29, 0.717) is 11.4 Å². The molecule has 0 unspecified atom stereocenters. The number of phenols is 1. The van der Waals surface area contributed by atoms with E-state index >= 15 is 0 Å². The molecule has 0 aliphatic carbocycles. The van der Waals surface area contributed by atoms with Gasteiger partial charge >= 0.3 is 0 Å². The van der Waals surface area contributed by atoms with E-state index in [2.05, 4.69) is 10.2 Å². The third-order valence-corrected chi connectivity index (χ3v) is 4.80. The van der Waals surface area contributed by atoms with Gasteiger partial charge in [-0.3, -0.25) is 4.79 Å². The Morgan fingerprint density at radius 3 is 2.31 bits per heavy atom. The lowest BCUT2D eigenvalue weighted by Gasteiger charge is -2.10. The molecule has 0 aliphatic heterocycles. The van der Waals surface area contributed by atoms with Crippen LogP contribution in [0.4, 0.5) is 11.4 Å². The number of nitrogens with zero attached hydrogens (tertiary/aromatic N) is 2. The number of carbonyl (C=O) groups excluding carboxylic acids is 1. The Balaban J connectivity index is 1.76. The quantitative estimate of drug-likeness (QED) is 0.309. The van der Waals surface area contributed by atoms with Gasteiger partial charge in [-0.25, -0.2) is 0 Å². The van der Waals surface area contributed by atoms with E-state index in [0.717, 1.165) is 21.9 Å². The van der Waals surface area contributed by atoms with E-state index in [4.69, 9.17) is 0 Å². The summed E-state index contributed by atoms with van der Waals surface area (Å²) >= 11 is 0. The summed E-state index contributed by atoms with van der Waals surface area (Å²) in [5.74, 6) is -0.297. The maximum absolute atomic E-state index is 13.0. The van der Waals surface area contributed by atoms with E-state index in [1.54, 1.807) is 6.07 Å². The SMILES string of the molecule is Cc1ccc(CC(=O)c2cc3ccccc3c(N=Nc3ccccc3)c2O)cc1. The summed E-state index contributed by atoms with van der Waals surface area (Å²) in [5.41, 5.74) is 3.27. The second-order valence-electron chi connectivity index (χ2n) is 6.96. The third-order valence-electron chi connectivity index (χ3n) is 4.80. The molecule has 4 nitrogen and oxygen atoms in total. The number of aryl methyl sites for hydroxylation is 1. The van der Waals surface area contributed by atoms with Crippen molar-refractivity contribution in [3.05, 3.63) is 102 Å². The van der Waals surface area contributed by atoms with Crippen LogP contribution in [0.5, 0.6) is 5.75 Å². The van der Waals surface area contributed by atoms with Crippen LogP contribution in [0.3, 0.4) is 0 Å². The van der Waals surface area contributed by atoms with Crippen molar-refractivity contribution >= 4 is 27.9 Å². The number of benzene rings is 4. The number of hydrogen-bond donors (Lipinski definition) is 1. The molecule has 29 heavy (non-hydrogen) atoms. The maximum atomic E-state index is 13.0. The van der Waals surface area contributed by atoms with Crippen molar-refractivity contribution in [1.82, 2.24) is 0 Å². The Bertz CT molecular complexity index is 1200. The summed E-state index contributed by atoms with van der Waals surface area (Å²) in [6, 6.07) is 26.4. The molecule has 0 aliphatic rings. The predicted molar refractivity (Wildman–Crippen MR) is 115 cm³/mol. The lowest BCUT2D eigenvalue weighted by Crippen LogP contribution is -2.04. The molecule has 4 heteroatoms. The van der Waals surface area contributed by atoms with Gasteiger partial charge in [0, 0.05) is 11.8 Å². The van der Waals surface area contributed by atoms with Gasteiger partial charge in [0.25, 0.3) is 0 Å². The van der Waals surface area contributed by atoms with E-state index in [1.807, 2.05) is 85.8 Å².